The Morgan fingerprint density at radius 2 is 1.93 bits per heavy atom. The van der Waals surface area contributed by atoms with Crippen molar-refractivity contribution in [1.29, 1.82) is 0 Å². The highest BCUT2D eigenvalue weighted by Gasteiger charge is 2.02. The lowest BCUT2D eigenvalue weighted by Gasteiger charge is -2.04. The maximum absolute atomic E-state index is 10.9. The highest BCUT2D eigenvalue weighted by atomic mass is 16.7. The molecule has 0 aliphatic heterocycles. The Morgan fingerprint density at radius 1 is 1.21 bits per heavy atom. The van der Waals surface area contributed by atoms with E-state index in [0.29, 0.717) is 6.61 Å². The van der Waals surface area contributed by atoms with Crippen LogP contribution >= 0.6 is 0 Å². The van der Waals surface area contributed by atoms with Crippen molar-refractivity contribution in [3.8, 4) is 0 Å². The molecule has 1 aromatic rings. The van der Waals surface area contributed by atoms with Gasteiger partial charge in [0.2, 0.25) is 0 Å². The van der Waals surface area contributed by atoms with Crippen LogP contribution in [-0.4, -0.2) is 12.8 Å². The van der Waals surface area contributed by atoms with Gasteiger partial charge in [-0.3, -0.25) is 0 Å². The van der Waals surface area contributed by atoms with E-state index in [2.05, 4.69) is 0 Å². The zero-order valence-corrected chi connectivity index (χ0v) is 8.23. The van der Waals surface area contributed by atoms with Crippen LogP contribution in [0.5, 0.6) is 0 Å². The van der Waals surface area contributed by atoms with Gasteiger partial charge in [0.15, 0.2) is 0 Å². The second kappa shape index (κ2) is 6.02. The molecule has 0 saturated carbocycles. The van der Waals surface area contributed by atoms with Gasteiger partial charge in [0.05, 0.1) is 6.61 Å². The molecule has 0 aromatic heterocycles. The number of hydrogen-bond acceptors (Lipinski definition) is 3. The van der Waals surface area contributed by atoms with Crippen LogP contribution in [0.15, 0.2) is 30.3 Å². The molecule has 0 unspecified atom stereocenters. The average molecular weight is 194 g/mol. The fourth-order valence-corrected chi connectivity index (χ4v) is 0.944. The van der Waals surface area contributed by atoms with E-state index in [9.17, 15) is 4.79 Å². The quantitative estimate of drug-likeness (QED) is 0.691. The average Bonchev–Trinajstić information content (AvgIpc) is 2.25. The summed E-state index contributed by atoms with van der Waals surface area (Å²) in [4.78, 5) is 10.9. The van der Waals surface area contributed by atoms with Crippen LogP contribution < -0.4 is 0 Å². The maximum Gasteiger partial charge on any atom is 0.508 e. The molecule has 0 saturated heterocycles. The molecule has 0 fully saturated rings. The topological polar surface area (TPSA) is 35.5 Å². The lowest BCUT2D eigenvalue weighted by molar-refractivity contribution is 0.0500. The summed E-state index contributed by atoms with van der Waals surface area (Å²) in [7, 11) is 0. The Labute approximate surface area is 83.6 Å². The van der Waals surface area contributed by atoms with Crippen molar-refractivity contribution in [1.82, 2.24) is 0 Å². The van der Waals surface area contributed by atoms with Gasteiger partial charge in [0.1, 0.15) is 6.61 Å². The molecule has 76 valence electrons. The number of carbonyl (C=O) groups excluding carboxylic acids is 1. The van der Waals surface area contributed by atoms with E-state index < -0.39 is 6.16 Å². The molecule has 0 aliphatic carbocycles. The van der Waals surface area contributed by atoms with Crippen molar-refractivity contribution >= 4 is 6.16 Å². The van der Waals surface area contributed by atoms with E-state index in [1.165, 1.54) is 0 Å². The summed E-state index contributed by atoms with van der Waals surface area (Å²) < 4.78 is 9.62. The van der Waals surface area contributed by atoms with Crippen LogP contribution in [0.4, 0.5) is 4.79 Å². The summed E-state index contributed by atoms with van der Waals surface area (Å²) in [6, 6.07) is 9.51. The first-order valence-electron chi connectivity index (χ1n) is 4.66. The predicted molar refractivity (Wildman–Crippen MR) is 52.9 cm³/mol. The van der Waals surface area contributed by atoms with E-state index in [-0.39, 0.29) is 6.61 Å². The van der Waals surface area contributed by atoms with E-state index >= 15 is 0 Å². The van der Waals surface area contributed by atoms with Gasteiger partial charge in [-0.2, -0.15) is 0 Å². The summed E-state index contributed by atoms with van der Waals surface area (Å²) in [5, 5.41) is 0. The van der Waals surface area contributed by atoms with Gasteiger partial charge in [-0.15, -0.1) is 0 Å². The number of ether oxygens (including phenoxy) is 2. The van der Waals surface area contributed by atoms with Gasteiger partial charge >= 0.3 is 6.16 Å². The maximum atomic E-state index is 10.9. The lowest BCUT2D eigenvalue weighted by atomic mass is 10.2. The number of carbonyl (C=O) groups is 1. The monoisotopic (exact) mass is 194 g/mol. The molecule has 3 nitrogen and oxygen atoms in total. The number of benzene rings is 1. The number of hydrogen-bond donors (Lipinski definition) is 0. The van der Waals surface area contributed by atoms with Crippen molar-refractivity contribution in [3.63, 3.8) is 0 Å². The fraction of sp³-hybridized carbons (Fsp3) is 0.364. The third-order valence-corrected chi connectivity index (χ3v) is 1.62. The molecular weight excluding hydrogens is 180 g/mol. The molecule has 14 heavy (non-hydrogen) atoms. The van der Waals surface area contributed by atoms with Crippen molar-refractivity contribution < 1.29 is 14.3 Å². The van der Waals surface area contributed by atoms with Gasteiger partial charge in [0, 0.05) is 0 Å². The predicted octanol–water partition coefficient (Wildman–Crippen LogP) is 2.75. The molecule has 1 aromatic carbocycles. The third kappa shape index (κ3) is 3.94. The van der Waals surface area contributed by atoms with E-state index in [0.717, 1.165) is 12.0 Å². The first-order valence-corrected chi connectivity index (χ1v) is 4.66. The Hall–Kier alpha value is -1.51. The van der Waals surface area contributed by atoms with Crippen LogP contribution in [0, 0.1) is 0 Å². The highest BCUT2D eigenvalue weighted by molar-refractivity contribution is 5.59. The summed E-state index contributed by atoms with van der Waals surface area (Å²) >= 11 is 0. The molecule has 0 bridgehead atoms. The van der Waals surface area contributed by atoms with Gasteiger partial charge in [-0.1, -0.05) is 37.3 Å². The molecule has 0 atom stereocenters. The summed E-state index contributed by atoms with van der Waals surface area (Å²) in [5.74, 6) is 0. The smallest absolute Gasteiger partial charge is 0.434 e. The number of rotatable bonds is 4. The summed E-state index contributed by atoms with van der Waals surface area (Å²) in [5.41, 5.74) is 0.959. The Balaban J connectivity index is 2.24. The molecular formula is C11H14O3. The fourth-order valence-electron chi connectivity index (χ4n) is 0.944. The van der Waals surface area contributed by atoms with Crippen LogP contribution in [0.1, 0.15) is 18.9 Å². The Morgan fingerprint density at radius 3 is 2.57 bits per heavy atom. The SMILES string of the molecule is CCCOC(=O)OCc1ccccc1. The summed E-state index contributed by atoms with van der Waals surface area (Å²) in [6.07, 6.45) is 0.205. The minimum Gasteiger partial charge on any atom is -0.434 e. The molecule has 0 heterocycles. The van der Waals surface area contributed by atoms with Crippen molar-refractivity contribution in [2.45, 2.75) is 20.0 Å². The van der Waals surface area contributed by atoms with Gasteiger partial charge < -0.3 is 9.47 Å². The first-order chi connectivity index (χ1) is 6.83. The molecule has 0 amide bonds. The van der Waals surface area contributed by atoms with Crippen LogP contribution in [0.2, 0.25) is 0 Å². The molecule has 1 rings (SSSR count). The Bertz CT molecular complexity index is 269. The Kier molecular flexibility index (Phi) is 4.55. The van der Waals surface area contributed by atoms with Crippen molar-refractivity contribution in [3.05, 3.63) is 35.9 Å². The third-order valence-electron chi connectivity index (χ3n) is 1.62. The van der Waals surface area contributed by atoms with Crippen LogP contribution in [-0.2, 0) is 16.1 Å². The van der Waals surface area contributed by atoms with Crippen molar-refractivity contribution in [2.75, 3.05) is 6.61 Å². The molecule has 3 heteroatoms. The van der Waals surface area contributed by atoms with Gasteiger partial charge in [-0.25, -0.2) is 4.79 Å². The first kappa shape index (κ1) is 10.6. The molecule has 0 radical (unpaired) electrons. The minimum absolute atomic E-state index is 0.267. The zero-order chi connectivity index (χ0) is 10.2. The van der Waals surface area contributed by atoms with E-state index in [1.54, 1.807) is 0 Å². The van der Waals surface area contributed by atoms with Crippen LogP contribution in [0.25, 0.3) is 0 Å². The van der Waals surface area contributed by atoms with E-state index in [4.69, 9.17) is 9.47 Å². The van der Waals surface area contributed by atoms with E-state index in [1.807, 2.05) is 37.3 Å². The standard InChI is InChI=1S/C11H14O3/c1-2-8-13-11(12)14-9-10-6-4-3-5-7-10/h3-7H,2,8-9H2,1H3. The zero-order valence-electron chi connectivity index (χ0n) is 8.23. The minimum atomic E-state index is -0.601. The molecule has 0 spiro atoms. The molecule has 0 N–H and O–H groups in total. The van der Waals surface area contributed by atoms with Crippen molar-refractivity contribution in [2.24, 2.45) is 0 Å². The normalized spacial score (nSPS) is 9.50. The van der Waals surface area contributed by atoms with Gasteiger partial charge in [0.25, 0.3) is 0 Å². The molecule has 0 aliphatic rings. The summed E-state index contributed by atoms with van der Waals surface area (Å²) in [6.45, 7) is 2.61. The second-order valence-corrected chi connectivity index (χ2v) is 2.87. The van der Waals surface area contributed by atoms with Crippen LogP contribution in [0.3, 0.4) is 0 Å². The largest absolute Gasteiger partial charge is 0.508 e. The second-order valence-electron chi connectivity index (χ2n) is 2.87. The lowest BCUT2D eigenvalue weighted by Crippen LogP contribution is -2.07. The highest BCUT2D eigenvalue weighted by Crippen LogP contribution is 2.01. The van der Waals surface area contributed by atoms with Gasteiger partial charge in [-0.05, 0) is 12.0 Å².